The minimum absolute atomic E-state index is 0.360. The molecule has 4 aromatic rings. The van der Waals surface area contributed by atoms with Crippen molar-refractivity contribution in [2.45, 2.75) is 24.7 Å². The lowest BCUT2D eigenvalue weighted by Crippen LogP contribution is -2.03. The zero-order valence-electron chi connectivity index (χ0n) is 19.2. The highest BCUT2D eigenvalue weighted by molar-refractivity contribution is 5.81. The van der Waals surface area contributed by atoms with Crippen molar-refractivity contribution in [1.29, 1.82) is 0 Å². The van der Waals surface area contributed by atoms with Crippen LogP contribution >= 0.6 is 0 Å². The molecule has 4 heterocycles. The second-order valence-corrected chi connectivity index (χ2v) is 8.62. The smallest absolute Gasteiger partial charge is 0.134 e. The van der Waals surface area contributed by atoms with Crippen molar-refractivity contribution in [3.63, 3.8) is 0 Å². The fraction of sp³-hybridized carbons (Fsp3) is 0.286. The summed E-state index contributed by atoms with van der Waals surface area (Å²) in [5.41, 5.74) is 4.18. The summed E-state index contributed by atoms with van der Waals surface area (Å²) in [6, 6.07) is 12.2. The van der Waals surface area contributed by atoms with Gasteiger partial charge in [0.2, 0.25) is 0 Å². The first kappa shape index (κ1) is 22.3. The highest BCUT2D eigenvalue weighted by Crippen LogP contribution is 2.25. The molecule has 0 saturated carbocycles. The summed E-state index contributed by atoms with van der Waals surface area (Å²) in [4.78, 5) is 18.1. The summed E-state index contributed by atoms with van der Waals surface area (Å²) >= 11 is 0. The molecule has 0 aliphatic carbocycles. The van der Waals surface area contributed by atoms with E-state index in [4.69, 9.17) is 9.47 Å². The van der Waals surface area contributed by atoms with E-state index in [0.29, 0.717) is 11.8 Å². The van der Waals surface area contributed by atoms with E-state index < -0.39 is 0 Å². The lowest BCUT2D eigenvalue weighted by Gasteiger charge is -2.07. The van der Waals surface area contributed by atoms with E-state index in [0.717, 1.165) is 83.9 Å². The predicted octanol–water partition coefficient (Wildman–Crippen LogP) is 5.55. The molecule has 6 rings (SSSR count). The van der Waals surface area contributed by atoms with Crippen LogP contribution in [-0.4, -0.2) is 46.4 Å². The second kappa shape index (κ2) is 10.2. The Balaban J connectivity index is 0.000000142. The summed E-state index contributed by atoms with van der Waals surface area (Å²) in [6.07, 6.45) is 9.49. The van der Waals surface area contributed by atoms with E-state index in [2.05, 4.69) is 45.2 Å². The third-order valence-corrected chi connectivity index (χ3v) is 6.31. The molecule has 6 heteroatoms. The molecule has 2 atom stereocenters. The maximum Gasteiger partial charge on any atom is 0.134 e. The van der Waals surface area contributed by atoms with Crippen LogP contribution in [0.5, 0.6) is 0 Å². The number of nitrogens with zero attached hydrogens (tertiary/aromatic N) is 4. The molecule has 172 valence electrons. The molecule has 2 aromatic carbocycles. The number of hydrogen-bond acceptors (Lipinski definition) is 6. The van der Waals surface area contributed by atoms with Gasteiger partial charge in [0.05, 0.1) is 24.2 Å². The van der Waals surface area contributed by atoms with Crippen LogP contribution in [0, 0.1) is 0 Å². The predicted molar refractivity (Wildman–Crippen MR) is 136 cm³/mol. The quantitative estimate of drug-likeness (QED) is 0.404. The van der Waals surface area contributed by atoms with Gasteiger partial charge < -0.3 is 9.47 Å². The molecule has 2 saturated heterocycles. The molecule has 6 nitrogen and oxygen atoms in total. The zero-order chi connectivity index (χ0) is 23.3. The van der Waals surface area contributed by atoms with Crippen LogP contribution in [0.25, 0.3) is 34.0 Å². The second-order valence-electron chi connectivity index (χ2n) is 8.62. The molecule has 1 unspecified atom stereocenters. The first-order chi connectivity index (χ1) is 16.7. The third-order valence-electron chi connectivity index (χ3n) is 6.31. The molecule has 2 aromatic heterocycles. The highest BCUT2D eigenvalue weighted by atomic mass is 16.5. The van der Waals surface area contributed by atoms with Gasteiger partial charge in [0, 0.05) is 48.2 Å². The van der Waals surface area contributed by atoms with Crippen LogP contribution in [-0.2, 0) is 9.47 Å². The van der Waals surface area contributed by atoms with E-state index in [1.54, 1.807) is 0 Å². The number of rotatable bonds is 4. The van der Waals surface area contributed by atoms with Crippen LogP contribution in [0.15, 0.2) is 61.9 Å². The molecule has 34 heavy (non-hydrogen) atoms. The van der Waals surface area contributed by atoms with E-state index in [1.165, 1.54) is 0 Å². The molecule has 0 radical (unpaired) electrons. The van der Waals surface area contributed by atoms with Crippen molar-refractivity contribution in [1.82, 2.24) is 19.9 Å². The maximum absolute atomic E-state index is 5.37. The molecule has 0 amide bonds. The molecular weight excluding hydrogens is 424 g/mol. The zero-order valence-corrected chi connectivity index (χ0v) is 19.2. The van der Waals surface area contributed by atoms with Crippen molar-refractivity contribution in [2.75, 3.05) is 26.4 Å². The average Bonchev–Trinajstić information content (AvgIpc) is 3.63. The van der Waals surface area contributed by atoms with Gasteiger partial charge in [-0.15, -0.1) is 0 Å². The molecule has 2 aliphatic rings. The van der Waals surface area contributed by atoms with Gasteiger partial charge in [-0.1, -0.05) is 37.4 Å². The van der Waals surface area contributed by atoms with Crippen molar-refractivity contribution in [3.8, 4) is 0 Å². The molecule has 2 aliphatic heterocycles. The largest absolute Gasteiger partial charge is 0.381 e. The SMILES string of the molecule is C=Cc1ccc2nc(C3CCOC3)ncc2c1.C=Cc1ccc2nc([C@@H]3CCOC3)ncc2c1. The molecule has 0 bridgehead atoms. The fourth-order valence-corrected chi connectivity index (χ4v) is 4.26. The Morgan fingerprint density at radius 2 is 1.18 bits per heavy atom. The van der Waals surface area contributed by atoms with E-state index in [-0.39, 0.29) is 0 Å². The summed E-state index contributed by atoms with van der Waals surface area (Å²) in [6.45, 7) is 10.7. The van der Waals surface area contributed by atoms with Crippen molar-refractivity contribution < 1.29 is 9.47 Å². The highest BCUT2D eigenvalue weighted by Gasteiger charge is 2.21. The van der Waals surface area contributed by atoms with Gasteiger partial charge in [0.15, 0.2) is 0 Å². The molecule has 0 N–H and O–H groups in total. The number of hydrogen-bond donors (Lipinski definition) is 0. The third kappa shape index (κ3) is 4.88. The van der Waals surface area contributed by atoms with Gasteiger partial charge >= 0.3 is 0 Å². The molecular formula is C28H28N4O2. The first-order valence-electron chi connectivity index (χ1n) is 11.7. The minimum Gasteiger partial charge on any atom is -0.381 e. The maximum atomic E-state index is 5.37. The summed E-state index contributed by atoms with van der Waals surface area (Å²) < 4.78 is 10.7. The van der Waals surface area contributed by atoms with E-state index >= 15 is 0 Å². The van der Waals surface area contributed by atoms with E-state index in [1.807, 2.05) is 48.8 Å². The fourth-order valence-electron chi connectivity index (χ4n) is 4.26. The van der Waals surface area contributed by atoms with Gasteiger partial charge in [-0.05, 0) is 48.2 Å². The number of benzene rings is 2. The summed E-state index contributed by atoms with van der Waals surface area (Å²) in [5, 5.41) is 2.12. The molecule has 2 fully saturated rings. The Hall–Kier alpha value is -3.48. The van der Waals surface area contributed by atoms with Crippen LogP contribution in [0.4, 0.5) is 0 Å². The van der Waals surface area contributed by atoms with Gasteiger partial charge in [0.1, 0.15) is 11.6 Å². The van der Waals surface area contributed by atoms with Crippen LogP contribution in [0.2, 0.25) is 0 Å². The average molecular weight is 453 g/mol. The van der Waals surface area contributed by atoms with Crippen LogP contribution in [0.1, 0.15) is 47.5 Å². The standard InChI is InChI=1S/2C14H14N2O/c2*1-2-10-3-4-13-12(7-10)8-15-14(16-13)11-5-6-17-9-11/h2*2-4,7-8,11H,1,5-6,9H2/t11-;/m1./s1. The van der Waals surface area contributed by atoms with Crippen LogP contribution < -0.4 is 0 Å². The minimum atomic E-state index is 0.360. The van der Waals surface area contributed by atoms with Crippen LogP contribution in [0.3, 0.4) is 0 Å². The monoisotopic (exact) mass is 452 g/mol. The normalized spacial score (nSPS) is 19.6. The van der Waals surface area contributed by atoms with E-state index in [9.17, 15) is 0 Å². The number of ether oxygens (including phenoxy) is 2. The Bertz CT molecular complexity index is 1220. The lowest BCUT2D eigenvalue weighted by atomic mass is 10.1. The van der Waals surface area contributed by atoms with Crippen molar-refractivity contribution >= 4 is 34.0 Å². The number of aromatic nitrogens is 4. The van der Waals surface area contributed by atoms with Crippen molar-refractivity contribution in [3.05, 3.63) is 84.7 Å². The number of fused-ring (bicyclic) bond motifs is 2. The lowest BCUT2D eigenvalue weighted by molar-refractivity contribution is 0.193. The van der Waals surface area contributed by atoms with Gasteiger partial charge in [-0.25, -0.2) is 19.9 Å². The van der Waals surface area contributed by atoms with Crippen molar-refractivity contribution in [2.24, 2.45) is 0 Å². The summed E-state index contributed by atoms with van der Waals surface area (Å²) in [7, 11) is 0. The molecule has 0 spiro atoms. The first-order valence-corrected chi connectivity index (χ1v) is 11.7. The van der Waals surface area contributed by atoms with Gasteiger partial charge in [-0.2, -0.15) is 0 Å². The Morgan fingerprint density at radius 1 is 0.706 bits per heavy atom. The Morgan fingerprint density at radius 3 is 1.56 bits per heavy atom. The summed E-state index contributed by atoms with van der Waals surface area (Å²) in [5.74, 6) is 2.53. The van der Waals surface area contributed by atoms with Gasteiger partial charge in [-0.3, -0.25) is 0 Å². The Labute approximate surface area is 199 Å². The topological polar surface area (TPSA) is 70.0 Å². The Kier molecular flexibility index (Phi) is 6.70. The van der Waals surface area contributed by atoms with Gasteiger partial charge in [0.25, 0.3) is 0 Å².